The molecular formula is C15H31NS. The van der Waals surface area contributed by atoms with Crippen molar-refractivity contribution in [1.29, 1.82) is 0 Å². The van der Waals surface area contributed by atoms with Crippen LogP contribution < -0.4 is 0 Å². The highest BCUT2D eigenvalue weighted by Crippen LogP contribution is 2.29. The van der Waals surface area contributed by atoms with Crippen molar-refractivity contribution in [2.45, 2.75) is 53.4 Å². The molecule has 0 saturated carbocycles. The highest BCUT2D eigenvalue weighted by atomic mass is 32.1. The number of thiol groups is 1. The molecule has 0 radical (unpaired) electrons. The molecule has 0 spiro atoms. The van der Waals surface area contributed by atoms with E-state index in [-0.39, 0.29) is 0 Å². The Morgan fingerprint density at radius 1 is 1.24 bits per heavy atom. The highest BCUT2D eigenvalue weighted by molar-refractivity contribution is 7.80. The summed E-state index contributed by atoms with van der Waals surface area (Å²) in [6.07, 6.45) is 5.61. The van der Waals surface area contributed by atoms with Gasteiger partial charge in [0.25, 0.3) is 0 Å². The van der Waals surface area contributed by atoms with Gasteiger partial charge in [0.1, 0.15) is 0 Å². The van der Waals surface area contributed by atoms with Crippen LogP contribution in [0.3, 0.4) is 0 Å². The van der Waals surface area contributed by atoms with Crippen LogP contribution in [0.2, 0.25) is 0 Å². The Morgan fingerprint density at radius 2 is 1.82 bits per heavy atom. The third kappa shape index (κ3) is 5.21. The van der Waals surface area contributed by atoms with E-state index in [1.165, 1.54) is 45.3 Å². The molecule has 17 heavy (non-hydrogen) atoms. The molecule has 0 aromatic rings. The van der Waals surface area contributed by atoms with Gasteiger partial charge in [-0.25, -0.2) is 0 Å². The van der Waals surface area contributed by atoms with Gasteiger partial charge < -0.3 is 4.90 Å². The lowest BCUT2D eigenvalue weighted by atomic mass is 9.81. The van der Waals surface area contributed by atoms with E-state index in [1.54, 1.807) is 0 Å². The maximum Gasteiger partial charge on any atom is 0.00225 e. The minimum Gasteiger partial charge on any atom is -0.303 e. The monoisotopic (exact) mass is 257 g/mol. The highest BCUT2D eigenvalue weighted by Gasteiger charge is 2.27. The summed E-state index contributed by atoms with van der Waals surface area (Å²) >= 11 is 4.53. The zero-order chi connectivity index (χ0) is 12.9. The summed E-state index contributed by atoms with van der Waals surface area (Å²) in [4.78, 5) is 2.66. The van der Waals surface area contributed by atoms with E-state index in [0.29, 0.717) is 11.3 Å². The smallest absolute Gasteiger partial charge is 0.00225 e. The molecule has 1 saturated heterocycles. The molecule has 0 amide bonds. The van der Waals surface area contributed by atoms with Crippen LogP contribution in [0.25, 0.3) is 0 Å². The van der Waals surface area contributed by atoms with Crippen molar-refractivity contribution in [2.24, 2.45) is 17.3 Å². The summed E-state index contributed by atoms with van der Waals surface area (Å²) in [5.74, 6) is 2.73. The second-order valence-electron chi connectivity index (χ2n) is 6.78. The number of rotatable bonds is 5. The first-order chi connectivity index (χ1) is 7.97. The van der Waals surface area contributed by atoms with E-state index in [1.807, 2.05) is 0 Å². The third-order valence-electron chi connectivity index (χ3n) is 4.33. The summed E-state index contributed by atoms with van der Waals surface area (Å²) in [7, 11) is 0. The van der Waals surface area contributed by atoms with Gasteiger partial charge in [-0.15, -0.1) is 0 Å². The molecule has 1 unspecified atom stereocenters. The number of hydrogen-bond donors (Lipinski definition) is 1. The molecule has 1 nitrogen and oxygen atoms in total. The molecule has 0 N–H and O–H groups in total. The predicted molar refractivity (Wildman–Crippen MR) is 80.9 cm³/mol. The Bertz CT molecular complexity index is 201. The Hall–Kier alpha value is 0.310. The molecule has 102 valence electrons. The van der Waals surface area contributed by atoms with Crippen LogP contribution >= 0.6 is 12.6 Å². The molecule has 1 aliphatic rings. The molecule has 0 aromatic heterocycles. The SMILES string of the molecule is CCCC1CCN(CC(CS)C(C)(C)C)CC1. The molecule has 1 fully saturated rings. The molecule has 0 aromatic carbocycles. The lowest BCUT2D eigenvalue weighted by molar-refractivity contribution is 0.123. The predicted octanol–water partition coefficient (Wildman–Crippen LogP) is 4.09. The van der Waals surface area contributed by atoms with Crippen molar-refractivity contribution < 1.29 is 0 Å². The average Bonchev–Trinajstić information content (AvgIpc) is 2.27. The van der Waals surface area contributed by atoms with Gasteiger partial charge in [0.15, 0.2) is 0 Å². The molecule has 1 aliphatic heterocycles. The van der Waals surface area contributed by atoms with E-state index in [2.05, 4.69) is 45.2 Å². The lowest BCUT2D eigenvalue weighted by Crippen LogP contribution is -2.41. The van der Waals surface area contributed by atoms with Crippen LogP contribution in [-0.2, 0) is 0 Å². The molecule has 0 aliphatic carbocycles. The van der Waals surface area contributed by atoms with Gasteiger partial charge in [-0.2, -0.15) is 12.6 Å². The first kappa shape index (κ1) is 15.4. The summed E-state index contributed by atoms with van der Waals surface area (Å²) in [6.45, 7) is 13.2. The van der Waals surface area contributed by atoms with Crippen LogP contribution in [-0.4, -0.2) is 30.3 Å². The van der Waals surface area contributed by atoms with Crippen LogP contribution in [0.4, 0.5) is 0 Å². The molecule has 1 heterocycles. The normalized spacial score (nSPS) is 21.7. The van der Waals surface area contributed by atoms with Crippen LogP contribution in [0, 0.1) is 17.3 Å². The van der Waals surface area contributed by atoms with E-state index in [9.17, 15) is 0 Å². The average molecular weight is 257 g/mol. The van der Waals surface area contributed by atoms with Crippen LogP contribution in [0.1, 0.15) is 53.4 Å². The van der Waals surface area contributed by atoms with E-state index in [4.69, 9.17) is 0 Å². The first-order valence-corrected chi connectivity index (χ1v) is 7.93. The maximum absolute atomic E-state index is 4.53. The molecular weight excluding hydrogens is 226 g/mol. The fourth-order valence-corrected chi connectivity index (χ4v) is 3.45. The summed E-state index contributed by atoms with van der Waals surface area (Å²) in [5.41, 5.74) is 0.391. The Kier molecular flexibility index (Phi) is 6.36. The van der Waals surface area contributed by atoms with Crippen molar-refractivity contribution in [1.82, 2.24) is 4.90 Å². The minimum atomic E-state index is 0.391. The van der Waals surface area contributed by atoms with Crippen LogP contribution in [0.15, 0.2) is 0 Å². The number of piperidine rings is 1. The molecule has 0 bridgehead atoms. The number of likely N-dealkylation sites (tertiary alicyclic amines) is 1. The quantitative estimate of drug-likeness (QED) is 0.726. The van der Waals surface area contributed by atoms with Crippen molar-refractivity contribution >= 4 is 12.6 Å². The minimum absolute atomic E-state index is 0.391. The van der Waals surface area contributed by atoms with Crippen molar-refractivity contribution in [3.63, 3.8) is 0 Å². The zero-order valence-electron chi connectivity index (χ0n) is 12.2. The third-order valence-corrected chi connectivity index (χ3v) is 4.77. The summed E-state index contributed by atoms with van der Waals surface area (Å²) in [5, 5.41) is 0. The zero-order valence-corrected chi connectivity index (χ0v) is 13.1. The van der Waals surface area contributed by atoms with Gasteiger partial charge in [-0.3, -0.25) is 0 Å². The number of hydrogen-bond acceptors (Lipinski definition) is 2. The molecule has 2 heteroatoms. The van der Waals surface area contributed by atoms with Crippen molar-refractivity contribution in [2.75, 3.05) is 25.4 Å². The first-order valence-electron chi connectivity index (χ1n) is 7.30. The van der Waals surface area contributed by atoms with Gasteiger partial charge in [0.2, 0.25) is 0 Å². The van der Waals surface area contributed by atoms with Gasteiger partial charge in [-0.05, 0) is 48.9 Å². The van der Waals surface area contributed by atoms with E-state index >= 15 is 0 Å². The van der Waals surface area contributed by atoms with Gasteiger partial charge in [-0.1, -0.05) is 40.5 Å². The Labute approximate surface area is 114 Å². The standard InChI is InChI=1S/C15H31NS/c1-5-6-13-7-9-16(10-8-13)11-14(12-17)15(2,3)4/h13-14,17H,5-12H2,1-4H3. The van der Waals surface area contributed by atoms with Crippen molar-refractivity contribution in [3.8, 4) is 0 Å². The lowest BCUT2D eigenvalue weighted by Gasteiger charge is -2.38. The molecule has 1 rings (SSSR count). The van der Waals surface area contributed by atoms with Crippen LogP contribution in [0.5, 0.6) is 0 Å². The molecule has 1 atom stereocenters. The second-order valence-corrected chi connectivity index (χ2v) is 7.14. The Morgan fingerprint density at radius 3 is 2.24 bits per heavy atom. The van der Waals surface area contributed by atoms with E-state index < -0.39 is 0 Å². The maximum atomic E-state index is 4.53. The summed E-state index contributed by atoms with van der Waals surface area (Å²) in [6, 6.07) is 0. The van der Waals surface area contributed by atoms with Gasteiger partial charge >= 0.3 is 0 Å². The topological polar surface area (TPSA) is 3.24 Å². The number of nitrogens with zero attached hydrogens (tertiary/aromatic N) is 1. The van der Waals surface area contributed by atoms with Gasteiger partial charge in [0.05, 0.1) is 0 Å². The van der Waals surface area contributed by atoms with Gasteiger partial charge in [0, 0.05) is 6.54 Å². The Balaban J connectivity index is 2.34. The second kappa shape index (κ2) is 7.04. The fourth-order valence-electron chi connectivity index (χ4n) is 2.78. The fraction of sp³-hybridized carbons (Fsp3) is 1.00. The van der Waals surface area contributed by atoms with E-state index in [0.717, 1.165) is 11.7 Å². The van der Waals surface area contributed by atoms with Crippen molar-refractivity contribution in [3.05, 3.63) is 0 Å². The largest absolute Gasteiger partial charge is 0.303 e. The summed E-state index contributed by atoms with van der Waals surface area (Å²) < 4.78 is 0.